The molecule has 0 N–H and O–H groups in total. The Hall–Kier alpha value is -3.54. The van der Waals surface area contributed by atoms with Crippen LogP contribution in [-0.4, -0.2) is 14.8 Å². The lowest BCUT2D eigenvalue weighted by molar-refractivity contribution is 0.280. The first-order valence-corrected chi connectivity index (χ1v) is 8.44. The van der Waals surface area contributed by atoms with Gasteiger partial charge in [-0.15, -0.1) is 5.10 Å². The van der Waals surface area contributed by atoms with Crippen molar-refractivity contribution in [1.29, 1.82) is 0 Å². The first-order chi connectivity index (χ1) is 13.1. The molecule has 0 fully saturated rings. The predicted octanol–water partition coefficient (Wildman–Crippen LogP) is 3.81. The van der Waals surface area contributed by atoms with Crippen molar-refractivity contribution in [3.63, 3.8) is 0 Å². The molecule has 4 rings (SSSR count). The quantitative estimate of drug-likeness (QED) is 0.555. The maximum atomic E-state index is 13.2. The van der Waals surface area contributed by atoms with Crippen LogP contribution in [0.3, 0.4) is 0 Å². The molecule has 0 radical (unpaired) electrons. The van der Waals surface area contributed by atoms with Crippen molar-refractivity contribution in [2.45, 2.75) is 13.5 Å². The van der Waals surface area contributed by atoms with Crippen molar-refractivity contribution in [3.05, 3.63) is 94.2 Å². The average Bonchev–Trinajstić information content (AvgIpc) is 2.68. The normalized spacial score (nSPS) is 10.9. The first-order valence-electron chi connectivity index (χ1n) is 8.44. The highest BCUT2D eigenvalue weighted by Crippen LogP contribution is 2.14. The van der Waals surface area contributed by atoms with Crippen LogP contribution in [0.1, 0.15) is 11.4 Å². The Kier molecular flexibility index (Phi) is 4.38. The van der Waals surface area contributed by atoms with Crippen molar-refractivity contribution >= 4 is 10.9 Å². The summed E-state index contributed by atoms with van der Waals surface area (Å²) in [6, 6.07) is 18.9. The zero-order chi connectivity index (χ0) is 18.8. The third kappa shape index (κ3) is 3.55. The Morgan fingerprint density at radius 3 is 2.63 bits per heavy atom. The first kappa shape index (κ1) is 16.9. The van der Waals surface area contributed by atoms with Crippen molar-refractivity contribution in [1.82, 2.24) is 14.8 Å². The summed E-state index contributed by atoms with van der Waals surface area (Å²) in [5, 5.41) is 5.32. The Labute approximate surface area is 154 Å². The molecule has 134 valence electrons. The smallest absolute Gasteiger partial charge is 0.280 e. The highest BCUT2D eigenvalue weighted by molar-refractivity contribution is 5.78. The van der Waals surface area contributed by atoms with Gasteiger partial charge in [0.1, 0.15) is 12.4 Å². The van der Waals surface area contributed by atoms with Crippen LogP contribution in [0.25, 0.3) is 16.6 Å². The molecule has 0 aliphatic carbocycles. The topological polar surface area (TPSA) is 57.0 Å². The number of hydrogen-bond donors (Lipinski definition) is 0. The van der Waals surface area contributed by atoms with Gasteiger partial charge in [0, 0.05) is 17.1 Å². The van der Waals surface area contributed by atoms with Crippen molar-refractivity contribution < 1.29 is 9.13 Å². The summed E-state index contributed by atoms with van der Waals surface area (Å²) in [6.45, 7) is 1.88. The third-order valence-corrected chi connectivity index (χ3v) is 4.16. The van der Waals surface area contributed by atoms with Crippen LogP contribution < -0.4 is 10.2 Å². The molecule has 0 aliphatic heterocycles. The number of hydrogen-bond acceptors (Lipinski definition) is 4. The van der Waals surface area contributed by atoms with Crippen molar-refractivity contribution in [2.24, 2.45) is 0 Å². The maximum absolute atomic E-state index is 13.2. The molecule has 6 heteroatoms. The van der Waals surface area contributed by atoms with E-state index in [4.69, 9.17) is 4.74 Å². The van der Waals surface area contributed by atoms with Crippen LogP contribution in [0.2, 0.25) is 0 Å². The summed E-state index contributed by atoms with van der Waals surface area (Å²) >= 11 is 0. The molecule has 5 nitrogen and oxygen atoms in total. The van der Waals surface area contributed by atoms with E-state index in [0.29, 0.717) is 17.1 Å². The van der Waals surface area contributed by atoms with Gasteiger partial charge >= 0.3 is 0 Å². The van der Waals surface area contributed by atoms with E-state index in [-0.39, 0.29) is 23.7 Å². The molecular formula is C21H16FN3O2. The van der Waals surface area contributed by atoms with Gasteiger partial charge in [0.05, 0.1) is 16.9 Å². The van der Waals surface area contributed by atoms with Gasteiger partial charge in [-0.25, -0.2) is 14.1 Å². The van der Waals surface area contributed by atoms with Crippen molar-refractivity contribution in [3.8, 4) is 11.6 Å². The molecule has 0 unspecified atom stereocenters. The Morgan fingerprint density at radius 1 is 1.04 bits per heavy atom. The number of nitrogens with zero attached hydrogens (tertiary/aromatic N) is 3. The fraction of sp³-hybridized carbons (Fsp3) is 0.0952. The molecule has 2 aromatic heterocycles. The summed E-state index contributed by atoms with van der Waals surface area (Å²) in [4.78, 5) is 16.8. The predicted molar refractivity (Wildman–Crippen MR) is 101 cm³/mol. The van der Waals surface area contributed by atoms with Crippen molar-refractivity contribution in [2.75, 3.05) is 0 Å². The standard InChI is InChI=1S/C21H16FN3O2/c1-14-12-20(26)21(24-25(14)18-10-7-16(22)8-11-18)27-13-17-9-6-15-4-2-3-5-19(15)23-17/h2-12H,13H2,1H3. The molecule has 2 heterocycles. The zero-order valence-electron chi connectivity index (χ0n) is 14.6. The third-order valence-electron chi connectivity index (χ3n) is 4.16. The molecule has 0 spiro atoms. The number of benzene rings is 2. The number of rotatable bonds is 4. The molecule has 0 bridgehead atoms. The van der Waals surface area contributed by atoms with E-state index >= 15 is 0 Å². The second-order valence-electron chi connectivity index (χ2n) is 6.13. The molecule has 0 atom stereocenters. The monoisotopic (exact) mass is 361 g/mol. The molecule has 4 aromatic rings. The van der Waals surface area contributed by atoms with Crippen LogP contribution in [0.15, 0.2) is 71.5 Å². The SMILES string of the molecule is Cc1cc(=O)c(OCc2ccc3ccccc3n2)nn1-c1ccc(F)cc1. The second-order valence-corrected chi connectivity index (χ2v) is 6.13. The highest BCUT2D eigenvalue weighted by atomic mass is 19.1. The van der Waals surface area contributed by atoms with Gasteiger partial charge in [-0.1, -0.05) is 24.3 Å². The van der Waals surface area contributed by atoms with Crippen LogP contribution in [0.4, 0.5) is 4.39 Å². The van der Waals surface area contributed by atoms with Gasteiger partial charge < -0.3 is 4.74 Å². The molecule has 0 aliphatic rings. The lowest BCUT2D eigenvalue weighted by Gasteiger charge is -2.12. The Balaban J connectivity index is 1.62. The van der Waals surface area contributed by atoms with Gasteiger partial charge in [0.15, 0.2) is 0 Å². The van der Waals surface area contributed by atoms with Gasteiger partial charge in [-0.2, -0.15) is 0 Å². The summed E-state index contributed by atoms with van der Waals surface area (Å²) in [5.41, 5.74) is 2.51. The zero-order valence-corrected chi connectivity index (χ0v) is 14.6. The summed E-state index contributed by atoms with van der Waals surface area (Å²) in [6.07, 6.45) is 0. The number of para-hydroxylation sites is 1. The number of ether oxygens (including phenoxy) is 1. The molecular weight excluding hydrogens is 345 g/mol. The number of fused-ring (bicyclic) bond motifs is 1. The number of aromatic nitrogens is 3. The van der Waals surface area contributed by atoms with Crippen LogP contribution >= 0.6 is 0 Å². The number of halogens is 1. The van der Waals surface area contributed by atoms with E-state index in [1.54, 1.807) is 23.7 Å². The Morgan fingerprint density at radius 2 is 1.81 bits per heavy atom. The van der Waals surface area contributed by atoms with E-state index in [2.05, 4.69) is 10.1 Å². The fourth-order valence-corrected chi connectivity index (χ4v) is 2.81. The number of aryl methyl sites for hydroxylation is 1. The maximum Gasteiger partial charge on any atom is 0.280 e. The number of pyridine rings is 1. The second kappa shape index (κ2) is 6.99. The van der Waals surface area contributed by atoms with E-state index in [0.717, 1.165) is 10.9 Å². The van der Waals surface area contributed by atoms with Crippen LogP contribution in [0.5, 0.6) is 5.88 Å². The molecule has 2 aromatic carbocycles. The van der Waals surface area contributed by atoms with Gasteiger partial charge in [0.25, 0.3) is 5.88 Å². The average molecular weight is 361 g/mol. The largest absolute Gasteiger partial charge is 0.467 e. The molecule has 0 amide bonds. The van der Waals surface area contributed by atoms with Crippen LogP contribution in [0, 0.1) is 12.7 Å². The van der Waals surface area contributed by atoms with E-state index in [1.807, 2.05) is 36.4 Å². The minimum absolute atomic E-state index is 0.0279. The van der Waals surface area contributed by atoms with Crippen LogP contribution in [-0.2, 0) is 6.61 Å². The molecule has 27 heavy (non-hydrogen) atoms. The lowest BCUT2D eigenvalue weighted by atomic mass is 10.2. The Bertz CT molecular complexity index is 1170. The van der Waals surface area contributed by atoms with Gasteiger partial charge in [0.2, 0.25) is 5.43 Å². The molecule has 0 saturated heterocycles. The molecule has 0 saturated carbocycles. The van der Waals surface area contributed by atoms with Gasteiger partial charge in [-0.05, 0) is 43.3 Å². The van der Waals surface area contributed by atoms with Gasteiger partial charge in [-0.3, -0.25) is 4.79 Å². The fourth-order valence-electron chi connectivity index (χ4n) is 2.81. The van der Waals surface area contributed by atoms with E-state index < -0.39 is 0 Å². The van der Waals surface area contributed by atoms with E-state index in [1.165, 1.54) is 18.2 Å². The minimum Gasteiger partial charge on any atom is -0.467 e. The lowest BCUT2D eigenvalue weighted by Crippen LogP contribution is -2.17. The highest BCUT2D eigenvalue weighted by Gasteiger charge is 2.10. The summed E-state index contributed by atoms with van der Waals surface area (Å²) < 4.78 is 20.3. The summed E-state index contributed by atoms with van der Waals surface area (Å²) in [5.74, 6) is -0.365. The van der Waals surface area contributed by atoms with E-state index in [9.17, 15) is 9.18 Å². The minimum atomic E-state index is -0.337. The summed E-state index contributed by atoms with van der Waals surface area (Å²) in [7, 11) is 0.